The molecule has 0 fully saturated rings. The number of nitriles is 1. The molecule has 0 spiro atoms. The lowest BCUT2D eigenvalue weighted by molar-refractivity contribution is -0.276. The summed E-state index contributed by atoms with van der Waals surface area (Å²) in [6.45, 7) is 0. The normalized spacial score (nSPS) is 12.1. The number of aromatic nitrogens is 1. The second-order valence-electron chi connectivity index (χ2n) is 3.15. The topological polar surface area (TPSA) is 45.9 Å². The van der Waals surface area contributed by atoms with Gasteiger partial charge in [0, 0.05) is 0 Å². The lowest BCUT2D eigenvalue weighted by atomic mass is 10.1. The summed E-state index contributed by atoms with van der Waals surface area (Å²) in [4.78, 5) is 3.39. The van der Waals surface area contributed by atoms with Crippen LogP contribution in [-0.2, 0) is 12.6 Å². The van der Waals surface area contributed by atoms with E-state index in [1.54, 1.807) is 0 Å². The van der Waals surface area contributed by atoms with Crippen molar-refractivity contribution in [2.45, 2.75) is 19.0 Å². The molecule has 0 unspecified atom stereocenters. The molecule has 0 N–H and O–H groups in total. The number of nitrogens with zero attached hydrogens (tertiary/aromatic N) is 2. The maximum absolute atomic E-state index is 12.6. The summed E-state index contributed by atoms with van der Waals surface area (Å²) in [5.41, 5.74) is -2.40. The van der Waals surface area contributed by atoms with Crippen molar-refractivity contribution in [2.24, 2.45) is 0 Å². The van der Waals surface area contributed by atoms with Gasteiger partial charge in [-0.1, -0.05) is 0 Å². The highest BCUT2D eigenvalue weighted by atomic mass is 79.9. The van der Waals surface area contributed by atoms with E-state index >= 15 is 0 Å². The van der Waals surface area contributed by atoms with Crippen LogP contribution in [0.3, 0.4) is 0 Å². The van der Waals surface area contributed by atoms with Crippen molar-refractivity contribution >= 4 is 15.9 Å². The number of halogens is 7. The van der Waals surface area contributed by atoms with Crippen LogP contribution < -0.4 is 4.74 Å². The maximum Gasteiger partial charge on any atom is 0.573 e. The van der Waals surface area contributed by atoms with Crippen molar-refractivity contribution in [1.29, 1.82) is 5.26 Å². The minimum absolute atomic E-state index is 0.348. The van der Waals surface area contributed by atoms with E-state index in [0.717, 1.165) is 0 Å². The van der Waals surface area contributed by atoms with Crippen molar-refractivity contribution in [3.8, 4) is 11.8 Å². The summed E-state index contributed by atoms with van der Waals surface area (Å²) in [6, 6.07) is 1.77. The van der Waals surface area contributed by atoms with E-state index in [2.05, 4.69) is 25.7 Å². The zero-order valence-electron chi connectivity index (χ0n) is 8.73. The molecule has 0 amide bonds. The average molecular weight is 349 g/mol. The van der Waals surface area contributed by atoms with Gasteiger partial charge in [-0.15, -0.1) is 13.2 Å². The zero-order chi connectivity index (χ0) is 14.8. The highest BCUT2D eigenvalue weighted by Gasteiger charge is 2.41. The molecule has 0 saturated heterocycles. The lowest BCUT2D eigenvalue weighted by Crippen LogP contribution is -2.22. The summed E-state index contributed by atoms with van der Waals surface area (Å²) in [7, 11) is 0. The van der Waals surface area contributed by atoms with E-state index in [1.807, 2.05) is 0 Å². The van der Waals surface area contributed by atoms with Crippen LogP contribution >= 0.6 is 15.9 Å². The molecule has 1 rings (SSSR count). The fourth-order valence-corrected chi connectivity index (χ4v) is 1.63. The number of ether oxygens (including phenoxy) is 1. The molecule has 1 aromatic rings. The molecule has 1 aromatic heterocycles. The summed E-state index contributed by atoms with van der Waals surface area (Å²) in [5, 5.41) is 8.40. The Morgan fingerprint density at radius 3 is 2.26 bits per heavy atom. The Balaban J connectivity index is 3.48. The highest BCUT2D eigenvalue weighted by molar-refractivity contribution is 9.10. The molecule has 0 saturated carbocycles. The molecule has 0 atom stereocenters. The van der Waals surface area contributed by atoms with Gasteiger partial charge in [0.2, 0.25) is 0 Å². The molecular weight excluding hydrogens is 346 g/mol. The van der Waals surface area contributed by atoms with Gasteiger partial charge < -0.3 is 4.74 Å². The van der Waals surface area contributed by atoms with Gasteiger partial charge in [-0.25, -0.2) is 4.98 Å². The second kappa shape index (κ2) is 5.24. The SMILES string of the molecule is N#CCc1nc(Br)cc(C(F)(F)F)c1OC(F)(F)F. The van der Waals surface area contributed by atoms with Crippen molar-refractivity contribution in [1.82, 2.24) is 4.98 Å². The molecule has 0 aliphatic rings. The largest absolute Gasteiger partial charge is 0.573 e. The Hall–Kier alpha value is -1.50. The Kier molecular flexibility index (Phi) is 4.29. The van der Waals surface area contributed by atoms with Crippen LogP contribution in [0.1, 0.15) is 11.3 Å². The lowest BCUT2D eigenvalue weighted by Gasteiger charge is -2.17. The van der Waals surface area contributed by atoms with Crippen molar-refractivity contribution < 1.29 is 31.1 Å². The molecule has 0 aliphatic heterocycles. The highest BCUT2D eigenvalue weighted by Crippen LogP contribution is 2.41. The van der Waals surface area contributed by atoms with Crippen LogP contribution in [0.4, 0.5) is 26.3 Å². The van der Waals surface area contributed by atoms with Gasteiger partial charge in [0.25, 0.3) is 0 Å². The monoisotopic (exact) mass is 348 g/mol. The van der Waals surface area contributed by atoms with E-state index in [1.165, 1.54) is 6.07 Å². The van der Waals surface area contributed by atoms with Crippen LogP contribution in [-0.4, -0.2) is 11.3 Å². The molecule has 1 heterocycles. The summed E-state index contributed by atoms with van der Waals surface area (Å²) < 4.78 is 77.3. The smallest absolute Gasteiger partial charge is 0.403 e. The standard InChI is InChI=1S/C9H3BrF6N2O/c10-6-3-4(8(11,12)13)7(19-9(14,15)16)5(18-6)1-2-17/h3H,1H2. The van der Waals surface area contributed by atoms with Gasteiger partial charge in [-0.05, 0) is 22.0 Å². The van der Waals surface area contributed by atoms with Crippen LogP contribution in [0.15, 0.2) is 10.7 Å². The van der Waals surface area contributed by atoms with Gasteiger partial charge in [0.05, 0.1) is 18.2 Å². The van der Waals surface area contributed by atoms with Crippen molar-refractivity contribution in [3.63, 3.8) is 0 Å². The molecule has 0 aromatic carbocycles. The second-order valence-corrected chi connectivity index (χ2v) is 3.96. The number of pyridine rings is 1. The predicted molar refractivity (Wildman–Crippen MR) is 52.9 cm³/mol. The quantitative estimate of drug-likeness (QED) is 0.602. The Morgan fingerprint density at radius 1 is 1.26 bits per heavy atom. The molecule has 3 nitrogen and oxygen atoms in total. The minimum atomic E-state index is -5.32. The van der Waals surface area contributed by atoms with Gasteiger partial charge in [0.1, 0.15) is 10.2 Å². The zero-order valence-corrected chi connectivity index (χ0v) is 10.3. The molecule has 0 bridgehead atoms. The van der Waals surface area contributed by atoms with Crippen LogP contribution in [0.25, 0.3) is 0 Å². The molecule has 0 aliphatic carbocycles. The Bertz CT molecular complexity index is 519. The third-order valence-corrected chi connectivity index (χ3v) is 2.19. The molecule has 10 heteroatoms. The van der Waals surface area contributed by atoms with Crippen molar-refractivity contribution in [3.05, 3.63) is 21.9 Å². The fourth-order valence-electron chi connectivity index (χ4n) is 1.19. The first-order valence-corrected chi connectivity index (χ1v) is 5.23. The first-order chi connectivity index (χ1) is 8.54. The van der Waals surface area contributed by atoms with E-state index < -0.39 is 36.0 Å². The van der Waals surface area contributed by atoms with E-state index in [0.29, 0.717) is 6.07 Å². The third kappa shape index (κ3) is 4.27. The maximum atomic E-state index is 12.6. The van der Waals surface area contributed by atoms with Crippen LogP contribution in [0.2, 0.25) is 0 Å². The van der Waals surface area contributed by atoms with Crippen LogP contribution in [0, 0.1) is 11.3 Å². The van der Waals surface area contributed by atoms with Gasteiger partial charge in [0.15, 0.2) is 5.75 Å². The third-order valence-electron chi connectivity index (χ3n) is 1.78. The van der Waals surface area contributed by atoms with Gasteiger partial charge >= 0.3 is 12.5 Å². The molecular formula is C9H3BrF6N2O. The van der Waals surface area contributed by atoms with E-state index in [9.17, 15) is 26.3 Å². The number of alkyl halides is 6. The summed E-state index contributed by atoms with van der Waals surface area (Å²) in [6.07, 6.45) is -11.1. The molecule has 19 heavy (non-hydrogen) atoms. The molecule has 104 valence electrons. The fraction of sp³-hybridized carbons (Fsp3) is 0.333. The van der Waals surface area contributed by atoms with Crippen molar-refractivity contribution in [2.75, 3.05) is 0 Å². The van der Waals surface area contributed by atoms with E-state index in [-0.39, 0.29) is 4.60 Å². The van der Waals surface area contributed by atoms with E-state index in [4.69, 9.17) is 5.26 Å². The average Bonchev–Trinajstić information content (AvgIpc) is 2.18. The first-order valence-electron chi connectivity index (χ1n) is 4.44. The summed E-state index contributed by atoms with van der Waals surface area (Å²) in [5.74, 6) is -1.51. The van der Waals surface area contributed by atoms with Crippen LogP contribution in [0.5, 0.6) is 5.75 Å². The Labute approximate surface area is 110 Å². The number of rotatable bonds is 2. The predicted octanol–water partition coefficient (Wildman–Crippen LogP) is 3.83. The number of hydrogen-bond acceptors (Lipinski definition) is 3. The van der Waals surface area contributed by atoms with Gasteiger partial charge in [-0.2, -0.15) is 18.4 Å². The minimum Gasteiger partial charge on any atom is -0.403 e. The summed E-state index contributed by atoms with van der Waals surface area (Å²) >= 11 is 2.63. The van der Waals surface area contributed by atoms with Gasteiger partial charge in [-0.3, -0.25) is 0 Å². The number of hydrogen-bond donors (Lipinski definition) is 0. The Morgan fingerprint density at radius 2 is 1.84 bits per heavy atom. The molecule has 0 radical (unpaired) electrons. The first kappa shape index (κ1) is 15.6.